The summed E-state index contributed by atoms with van der Waals surface area (Å²) in [7, 11) is 1.48. The van der Waals surface area contributed by atoms with Crippen molar-refractivity contribution in [2.75, 3.05) is 30.7 Å². The molecule has 2 atom stereocenters. The number of amides is 3. The number of benzene rings is 2. The number of fused-ring (bicyclic) bond motifs is 1. The molecule has 1 N–H and O–H groups in total. The van der Waals surface area contributed by atoms with Gasteiger partial charge in [0.25, 0.3) is 11.8 Å². The van der Waals surface area contributed by atoms with Gasteiger partial charge in [0.1, 0.15) is 5.88 Å². The van der Waals surface area contributed by atoms with Gasteiger partial charge in [0, 0.05) is 5.75 Å². The Bertz CT molecular complexity index is 1110. The predicted octanol–water partition coefficient (Wildman–Crippen LogP) is 2.88. The summed E-state index contributed by atoms with van der Waals surface area (Å²) >= 11 is 3.17. The average Bonchev–Trinajstić information content (AvgIpc) is 3.05. The number of nitrogens with one attached hydrogen (secondary N) is 1. The molecule has 0 spiro atoms. The first-order valence-corrected chi connectivity index (χ1v) is 11.8. The van der Waals surface area contributed by atoms with Crippen molar-refractivity contribution in [1.29, 1.82) is 0 Å². The molecule has 1 heterocycles. The zero-order chi connectivity index (χ0) is 24.1. The van der Waals surface area contributed by atoms with E-state index in [2.05, 4.69) is 5.32 Å². The highest BCUT2D eigenvalue weighted by molar-refractivity contribution is 7.79. The lowest BCUT2D eigenvalue weighted by atomic mass is 10.0. The Labute approximate surface area is 198 Å². The molecule has 0 saturated heterocycles. The smallest absolute Gasteiger partial charge is 0.264 e. The van der Waals surface area contributed by atoms with Crippen LogP contribution in [0.3, 0.4) is 0 Å². The van der Waals surface area contributed by atoms with Gasteiger partial charge in [-0.05, 0) is 43.2 Å². The van der Waals surface area contributed by atoms with E-state index in [1.165, 1.54) is 19.2 Å². The van der Waals surface area contributed by atoms with E-state index in [0.717, 1.165) is 4.90 Å². The van der Waals surface area contributed by atoms with Crippen molar-refractivity contribution in [3.05, 3.63) is 53.1 Å². The van der Waals surface area contributed by atoms with Crippen LogP contribution in [0.1, 0.15) is 45.7 Å². The monoisotopic (exact) mass is 493 g/mol. The van der Waals surface area contributed by atoms with Crippen LogP contribution in [-0.4, -0.2) is 56.7 Å². The first kappa shape index (κ1) is 24.7. The van der Waals surface area contributed by atoms with Crippen LogP contribution in [0, 0.1) is 0 Å². The van der Waals surface area contributed by atoms with E-state index >= 15 is 0 Å². The van der Waals surface area contributed by atoms with Crippen LogP contribution >= 0.6 is 11.6 Å². The van der Waals surface area contributed by atoms with Crippen LogP contribution in [0.4, 0.5) is 5.69 Å². The highest BCUT2D eigenvalue weighted by atomic mass is 35.5. The molecule has 2 unspecified atom stereocenters. The van der Waals surface area contributed by atoms with Crippen molar-refractivity contribution in [3.63, 3.8) is 0 Å². The number of ether oxygens (including phenoxy) is 2. The number of rotatable bonds is 10. The fourth-order valence-electron chi connectivity index (χ4n) is 3.70. The highest BCUT2D eigenvalue weighted by Gasteiger charge is 2.42. The van der Waals surface area contributed by atoms with Crippen molar-refractivity contribution in [2.45, 2.75) is 19.4 Å². The number of nitrogens with zero attached hydrogens (tertiary/aromatic N) is 1. The van der Waals surface area contributed by atoms with Crippen molar-refractivity contribution in [1.82, 2.24) is 4.90 Å². The van der Waals surface area contributed by atoms with Gasteiger partial charge in [0.15, 0.2) is 11.5 Å². The molecule has 0 aromatic heterocycles. The number of alkyl halides is 1. The van der Waals surface area contributed by atoms with Crippen LogP contribution in [0.2, 0.25) is 0 Å². The molecular weight excluding hydrogens is 472 g/mol. The molecule has 9 nitrogen and oxygen atoms in total. The minimum Gasteiger partial charge on any atom is -0.772 e. The maximum atomic E-state index is 13.4. The fraction of sp³-hybridized carbons (Fsp3) is 0.318. The molecule has 3 amide bonds. The topological polar surface area (TPSA) is 125 Å². The number of halogens is 1. The molecule has 3 rings (SSSR count). The van der Waals surface area contributed by atoms with E-state index in [-0.39, 0.29) is 34.9 Å². The minimum absolute atomic E-state index is 0.0250. The number of carbonyl (C=O) groups excluding carboxylic acids is 3. The maximum absolute atomic E-state index is 13.4. The van der Waals surface area contributed by atoms with Gasteiger partial charge >= 0.3 is 0 Å². The van der Waals surface area contributed by atoms with Gasteiger partial charge in [0.05, 0.1) is 36.6 Å². The normalized spacial score (nSPS) is 14.6. The summed E-state index contributed by atoms with van der Waals surface area (Å²) in [5, 5.41) is 2.53. The summed E-state index contributed by atoms with van der Waals surface area (Å²) in [5.74, 6) is -1.50. The van der Waals surface area contributed by atoms with E-state index in [0.29, 0.717) is 23.7 Å². The lowest BCUT2D eigenvalue weighted by Gasteiger charge is -2.28. The number of hydrogen-bond acceptors (Lipinski definition) is 7. The van der Waals surface area contributed by atoms with Gasteiger partial charge in [0.2, 0.25) is 5.91 Å². The van der Waals surface area contributed by atoms with Crippen LogP contribution in [0.25, 0.3) is 0 Å². The molecule has 0 saturated carbocycles. The first-order chi connectivity index (χ1) is 15.8. The molecule has 1 aliphatic rings. The molecule has 0 fully saturated rings. The second kappa shape index (κ2) is 10.8. The Morgan fingerprint density at radius 1 is 1.21 bits per heavy atom. The molecule has 2 aromatic carbocycles. The molecule has 11 heteroatoms. The maximum Gasteiger partial charge on any atom is 0.264 e. The predicted molar refractivity (Wildman–Crippen MR) is 122 cm³/mol. The quantitative estimate of drug-likeness (QED) is 0.306. The molecule has 2 aromatic rings. The molecular formula is C22H22ClN2O7S-. The number of imide groups is 1. The number of carbonyl (C=O) groups is 3. The minimum atomic E-state index is -2.39. The first-order valence-electron chi connectivity index (χ1n) is 10.1. The zero-order valence-corrected chi connectivity index (χ0v) is 19.5. The summed E-state index contributed by atoms with van der Waals surface area (Å²) in [5.41, 5.74) is 0.812. The van der Waals surface area contributed by atoms with Gasteiger partial charge < -0.3 is 19.3 Å². The lowest BCUT2D eigenvalue weighted by molar-refractivity contribution is -0.113. The second-order valence-electron chi connectivity index (χ2n) is 7.05. The lowest BCUT2D eigenvalue weighted by Crippen LogP contribution is -2.35. The van der Waals surface area contributed by atoms with Crippen molar-refractivity contribution >= 4 is 46.1 Å². The van der Waals surface area contributed by atoms with Gasteiger partial charge in [-0.1, -0.05) is 23.2 Å². The van der Waals surface area contributed by atoms with Crippen molar-refractivity contribution < 1.29 is 32.6 Å². The summed E-state index contributed by atoms with van der Waals surface area (Å²) in [4.78, 5) is 39.5. The number of hydrogen-bond donors (Lipinski definition) is 1. The number of methoxy groups -OCH3 is 1. The van der Waals surface area contributed by atoms with E-state index in [9.17, 15) is 23.1 Å². The molecule has 0 radical (unpaired) electrons. The average molecular weight is 494 g/mol. The molecule has 0 aliphatic carbocycles. The van der Waals surface area contributed by atoms with E-state index in [1.807, 2.05) is 0 Å². The Morgan fingerprint density at radius 3 is 2.61 bits per heavy atom. The highest BCUT2D eigenvalue weighted by Crippen LogP contribution is 2.39. The largest absolute Gasteiger partial charge is 0.772 e. The third kappa shape index (κ3) is 5.18. The van der Waals surface area contributed by atoms with Gasteiger partial charge in [-0.3, -0.25) is 23.5 Å². The number of anilines is 1. The standard InChI is InChI=1S/C22H23ClN2O7S/c1-3-32-18-11-13(7-8-17(18)31-2)16(9-10-33(29)30)25-21(27)14-5-4-6-15(20(14)22(25)28)24-19(26)12-23/h4-8,11,16H,3,9-10,12H2,1-2H3,(H,24,26)(H,29,30)/p-1. The summed E-state index contributed by atoms with van der Waals surface area (Å²) in [6.07, 6.45) is -0.0250. The van der Waals surface area contributed by atoms with Gasteiger partial charge in [-0.2, -0.15) is 0 Å². The van der Waals surface area contributed by atoms with Crippen LogP contribution in [-0.2, 0) is 15.9 Å². The van der Waals surface area contributed by atoms with Gasteiger partial charge in [-0.25, -0.2) is 0 Å². The van der Waals surface area contributed by atoms with E-state index < -0.39 is 34.8 Å². The fourth-order valence-corrected chi connectivity index (χ4v) is 4.18. The van der Waals surface area contributed by atoms with Crippen LogP contribution < -0.4 is 14.8 Å². The third-order valence-corrected chi connectivity index (χ3v) is 5.90. The van der Waals surface area contributed by atoms with Gasteiger partial charge in [-0.15, -0.1) is 11.6 Å². The molecule has 33 heavy (non-hydrogen) atoms. The Morgan fingerprint density at radius 2 is 1.97 bits per heavy atom. The third-order valence-electron chi connectivity index (χ3n) is 5.08. The second-order valence-corrected chi connectivity index (χ2v) is 8.33. The molecule has 0 bridgehead atoms. The van der Waals surface area contributed by atoms with Crippen molar-refractivity contribution in [3.8, 4) is 11.5 Å². The van der Waals surface area contributed by atoms with E-state index in [4.69, 9.17) is 21.1 Å². The summed E-state index contributed by atoms with van der Waals surface area (Å²) < 4.78 is 33.5. The molecule has 1 aliphatic heterocycles. The summed E-state index contributed by atoms with van der Waals surface area (Å²) in [6, 6.07) is 8.54. The zero-order valence-electron chi connectivity index (χ0n) is 18.0. The van der Waals surface area contributed by atoms with Crippen LogP contribution in [0.5, 0.6) is 11.5 Å². The summed E-state index contributed by atoms with van der Waals surface area (Å²) in [6.45, 7) is 2.15. The molecule has 176 valence electrons. The van der Waals surface area contributed by atoms with Crippen LogP contribution in [0.15, 0.2) is 36.4 Å². The Hall–Kier alpha value is -2.95. The Kier molecular flexibility index (Phi) is 8.06. The SMILES string of the molecule is CCOc1cc(C(CCS(=O)[O-])N2C(=O)c3cccc(NC(=O)CCl)c3C2=O)ccc1OC. The van der Waals surface area contributed by atoms with E-state index in [1.54, 1.807) is 31.2 Å². The Balaban J connectivity index is 2.06. The van der Waals surface area contributed by atoms with Crippen molar-refractivity contribution in [2.24, 2.45) is 0 Å².